The normalized spacial score (nSPS) is 11.9. The van der Waals surface area contributed by atoms with Crippen LogP contribution >= 0.6 is 0 Å². The fourth-order valence-electron chi connectivity index (χ4n) is 8.49. The fraction of sp³-hybridized carbons (Fsp3) is 0.238. The van der Waals surface area contributed by atoms with Gasteiger partial charge in [0, 0.05) is 49.2 Å². The molecule has 332 valence electrons. The van der Waals surface area contributed by atoms with E-state index < -0.39 is 120 Å². The van der Waals surface area contributed by atoms with Gasteiger partial charge in [-0.3, -0.25) is 67.7 Å². The van der Waals surface area contributed by atoms with E-state index in [4.69, 9.17) is 37.1 Å². The monoisotopic (exact) mass is 890 g/mol. The molecule has 0 saturated heterocycles. The molecule has 65 heavy (non-hydrogen) atoms. The van der Waals surface area contributed by atoms with Gasteiger partial charge in [0.2, 0.25) is 10.9 Å². The molecule has 0 fully saturated rings. The van der Waals surface area contributed by atoms with Crippen LogP contribution in [0, 0.1) is 20.2 Å². The summed E-state index contributed by atoms with van der Waals surface area (Å²) in [7, 11) is 0. The summed E-state index contributed by atoms with van der Waals surface area (Å²) in [5.41, 5.74) is 14.9. The lowest BCUT2D eigenvalue weighted by Gasteiger charge is -2.08. The summed E-state index contributed by atoms with van der Waals surface area (Å²) in [5.74, 6) is 0. The summed E-state index contributed by atoms with van der Waals surface area (Å²) in [5, 5.41) is 18.6. The molecule has 23 nitrogen and oxygen atoms in total. The molecule has 0 radical (unpaired) electrons. The first-order valence-corrected chi connectivity index (χ1v) is 19.7. The van der Waals surface area contributed by atoms with E-state index in [0.717, 1.165) is 21.3 Å². The average Bonchev–Trinajstić information content (AvgIpc) is 3.68. The molecule has 6 aromatic carbocycles. The molecule has 8 aromatic rings. The number of nitro groups is 2. The first-order chi connectivity index (χ1) is 31.0. The molecular formula is C42H34N8O15. The second-order valence-corrected chi connectivity index (χ2v) is 15.0. The molecule has 0 amide bonds. The number of rotatable bonds is 16. The Morgan fingerprint density at radius 2 is 0.708 bits per heavy atom. The molecule has 0 saturated carbocycles. The number of nitrogens with zero attached hydrogens (tertiary/aromatic N) is 4. The van der Waals surface area contributed by atoms with Gasteiger partial charge in [-0.05, 0) is 25.0 Å². The van der Waals surface area contributed by atoms with Gasteiger partial charge in [-0.2, -0.15) is 0 Å². The van der Waals surface area contributed by atoms with Gasteiger partial charge >= 0.3 is 0 Å². The van der Waals surface area contributed by atoms with E-state index >= 15 is 0 Å². The predicted octanol–water partition coefficient (Wildman–Crippen LogP) is 0.517. The number of benzene rings is 6. The minimum atomic E-state index is -0.972. The number of anilines is 4. The average molecular weight is 891 g/mol. The predicted molar refractivity (Wildman–Crippen MR) is 241 cm³/mol. The number of aromatic nitrogens is 2. The summed E-state index contributed by atoms with van der Waals surface area (Å²) in [6.07, 6.45) is 0.348. The Kier molecular flexibility index (Phi) is 11.0. The van der Waals surface area contributed by atoms with Crippen LogP contribution in [0.1, 0.15) is 12.8 Å². The Bertz CT molecular complexity index is 3600. The van der Waals surface area contributed by atoms with Crippen molar-refractivity contribution in [3.63, 3.8) is 0 Å². The number of nitrogens with two attached hydrogens (primary N) is 4. The van der Waals surface area contributed by atoms with Gasteiger partial charge in [-0.15, -0.1) is 0 Å². The number of nitrogen functional groups attached to an aromatic ring is 4. The zero-order chi connectivity index (χ0) is 46.8. The van der Waals surface area contributed by atoms with Crippen molar-refractivity contribution in [2.75, 3.05) is 62.6 Å². The molecule has 0 aliphatic heterocycles. The van der Waals surface area contributed by atoms with Crippen molar-refractivity contribution in [1.82, 2.24) is 9.13 Å². The number of hydrogen-bond acceptors (Lipinski definition) is 19. The van der Waals surface area contributed by atoms with Crippen LogP contribution in [-0.2, 0) is 27.3 Å². The number of fused-ring (bicyclic) bond motifs is 6. The molecular weight excluding hydrogens is 857 g/mol. The highest BCUT2D eigenvalue weighted by Crippen LogP contribution is 2.35. The molecule has 0 aliphatic rings. The van der Waals surface area contributed by atoms with E-state index in [2.05, 4.69) is 0 Å². The highest BCUT2D eigenvalue weighted by atomic mass is 16.6. The van der Waals surface area contributed by atoms with Crippen molar-refractivity contribution in [3.8, 4) is 0 Å². The lowest BCUT2D eigenvalue weighted by molar-refractivity contribution is -0.383. The third-order valence-electron chi connectivity index (χ3n) is 11.4. The summed E-state index contributed by atoms with van der Waals surface area (Å²) in [4.78, 5) is 129. The quantitative estimate of drug-likeness (QED) is 0.0256. The third kappa shape index (κ3) is 6.63. The SMILES string of the molecule is Nc1c2c(=O)c3cccc([N+](=O)[O-])c3c(=O)c2c(N)c2c(=O)n(CCCOCCOCCOCCCn3c(=O)c4c(N)c5c(=O)c6cccc([N+](=O)[O-])c6c(=O)c5c(N)c4c3=O)c(=O)c12. The van der Waals surface area contributed by atoms with Crippen molar-refractivity contribution in [2.45, 2.75) is 25.9 Å². The molecule has 2 aromatic heterocycles. The van der Waals surface area contributed by atoms with Crippen LogP contribution in [0.25, 0.3) is 64.6 Å². The summed E-state index contributed by atoms with van der Waals surface area (Å²) < 4.78 is 18.3. The van der Waals surface area contributed by atoms with E-state index in [1.165, 1.54) is 24.3 Å². The van der Waals surface area contributed by atoms with Gasteiger partial charge in [-0.1, -0.05) is 12.1 Å². The maximum absolute atomic E-state index is 13.5. The van der Waals surface area contributed by atoms with Gasteiger partial charge in [0.15, 0.2) is 10.9 Å². The van der Waals surface area contributed by atoms with Crippen LogP contribution in [0.5, 0.6) is 0 Å². The highest BCUT2D eigenvalue weighted by Gasteiger charge is 2.30. The van der Waals surface area contributed by atoms with Crippen LogP contribution in [0.2, 0.25) is 0 Å². The summed E-state index contributed by atoms with van der Waals surface area (Å²) in [6, 6.07) is 7.03. The second-order valence-electron chi connectivity index (χ2n) is 15.0. The van der Waals surface area contributed by atoms with Gasteiger partial charge < -0.3 is 37.1 Å². The first kappa shape index (κ1) is 43.4. The van der Waals surface area contributed by atoms with Crippen molar-refractivity contribution < 1.29 is 24.1 Å². The van der Waals surface area contributed by atoms with Crippen LogP contribution in [-0.4, -0.2) is 58.6 Å². The van der Waals surface area contributed by atoms with E-state index in [-0.39, 0.29) is 97.9 Å². The molecule has 0 spiro atoms. The molecule has 2 heterocycles. The number of nitro benzene ring substituents is 2. The smallest absolute Gasteiger partial charge is 0.281 e. The molecule has 8 N–H and O–H groups in total. The van der Waals surface area contributed by atoms with Gasteiger partial charge in [0.1, 0.15) is 10.8 Å². The minimum Gasteiger partial charge on any atom is -0.397 e. The standard InChI is InChI=1S/C42H34N8O15/c43-31-23-25(37(53)21-17(35(23)51)5-1-7-19(21)49(59)60)33(45)29-27(31)39(55)47(41(29)57)9-3-11-63-13-15-65-16-14-64-12-4-10-48-40(56)28-30(42(48)58)34(46)26-24(32(28)44)36(52)18-6-2-8-20(50(61)62)22(18)38(26)54/h1-2,5-8H,3-4,9-16,43-46H2. The Balaban J connectivity index is 0.838. The van der Waals surface area contributed by atoms with Crippen LogP contribution in [0.3, 0.4) is 0 Å². The van der Waals surface area contributed by atoms with Crippen molar-refractivity contribution in [2.24, 2.45) is 0 Å². The molecule has 0 aliphatic carbocycles. The largest absolute Gasteiger partial charge is 0.397 e. The molecule has 0 bridgehead atoms. The Morgan fingerprint density at radius 1 is 0.415 bits per heavy atom. The van der Waals surface area contributed by atoms with Crippen molar-refractivity contribution >= 4 is 98.8 Å². The highest BCUT2D eigenvalue weighted by molar-refractivity contribution is 6.22. The van der Waals surface area contributed by atoms with E-state index in [0.29, 0.717) is 0 Å². The minimum absolute atomic E-state index is 0.0885. The Labute approximate surface area is 358 Å². The van der Waals surface area contributed by atoms with Crippen LogP contribution in [0.15, 0.2) is 74.8 Å². The van der Waals surface area contributed by atoms with Gasteiger partial charge in [0.05, 0.1) is 102 Å². The third-order valence-corrected chi connectivity index (χ3v) is 11.4. The maximum atomic E-state index is 13.5. The Morgan fingerprint density at radius 3 is 1.02 bits per heavy atom. The number of non-ortho nitro benzene ring substituents is 2. The molecule has 23 heteroatoms. The fourth-order valence-corrected chi connectivity index (χ4v) is 8.49. The topological polar surface area (TPSA) is 364 Å². The molecule has 8 rings (SSSR count). The number of hydrogen-bond donors (Lipinski definition) is 4. The zero-order valence-electron chi connectivity index (χ0n) is 33.8. The summed E-state index contributed by atoms with van der Waals surface area (Å²) >= 11 is 0. The lowest BCUT2D eigenvalue weighted by atomic mass is 9.96. The second kappa shape index (κ2) is 16.4. The van der Waals surface area contributed by atoms with E-state index in [1.807, 2.05) is 0 Å². The van der Waals surface area contributed by atoms with E-state index in [9.17, 15) is 58.6 Å². The molecule has 0 atom stereocenters. The Hall–Kier alpha value is -8.28. The van der Waals surface area contributed by atoms with Crippen molar-refractivity contribution in [3.05, 3.63) is 139 Å². The zero-order valence-corrected chi connectivity index (χ0v) is 33.8. The molecule has 0 unspecified atom stereocenters. The van der Waals surface area contributed by atoms with Crippen LogP contribution in [0.4, 0.5) is 34.1 Å². The van der Waals surface area contributed by atoms with Crippen LogP contribution < -0.4 is 66.9 Å². The van der Waals surface area contributed by atoms with E-state index in [1.54, 1.807) is 0 Å². The number of ether oxygens (including phenoxy) is 3. The first-order valence-electron chi connectivity index (χ1n) is 19.7. The summed E-state index contributed by atoms with van der Waals surface area (Å²) in [6.45, 7) is 0.440. The van der Waals surface area contributed by atoms with Gasteiger partial charge in [-0.25, -0.2) is 0 Å². The van der Waals surface area contributed by atoms with Gasteiger partial charge in [0.25, 0.3) is 33.6 Å². The lowest BCUT2D eigenvalue weighted by Crippen LogP contribution is -2.26. The maximum Gasteiger partial charge on any atom is 0.281 e. The van der Waals surface area contributed by atoms with Crippen molar-refractivity contribution in [1.29, 1.82) is 0 Å².